The van der Waals surface area contributed by atoms with Crippen molar-refractivity contribution in [3.63, 3.8) is 0 Å². The van der Waals surface area contributed by atoms with Crippen LogP contribution in [0.2, 0.25) is 0 Å². The van der Waals surface area contributed by atoms with E-state index in [1.807, 2.05) is 0 Å². The predicted molar refractivity (Wildman–Crippen MR) is 108 cm³/mol. The van der Waals surface area contributed by atoms with Gasteiger partial charge in [-0.15, -0.1) is 0 Å². The monoisotopic (exact) mass is 437 g/mol. The van der Waals surface area contributed by atoms with Gasteiger partial charge in [-0.3, -0.25) is 19.2 Å². The summed E-state index contributed by atoms with van der Waals surface area (Å²) in [5, 5.41) is 13.5. The van der Waals surface area contributed by atoms with Crippen molar-refractivity contribution in [3.05, 3.63) is 46.5 Å². The standard InChI is InChI=1S/C18H19N3O8S/c1-3-30(25,26)20(12-4-7-16-17(9-12)29-11-28-16)10-18(22)19-14-8-13(21(23)24)5-6-15(14)27-2/h4-9H,3,10-11H2,1-2H3,(H,19,22). The van der Waals surface area contributed by atoms with E-state index in [0.717, 1.165) is 10.4 Å². The van der Waals surface area contributed by atoms with Crippen LogP contribution in [-0.4, -0.2) is 45.4 Å². The van der Waals surface area contributed by atoms with E-state index in [1.54, 1.807) is 6.07 Å². The highest BCUT2D eigenvalue weighted by atomic mass is 32.2. The summed E-state index contributed by atoms with van der Waals surface area (Å²) in [6, 6.07) is 8.23. The Morgan fingerprint density at radius 1 is 1.23 bits per heavy atom. The fraction of sp³-hybridized carbons (Fsp3) is 0.278. The number of nitrogens with one attached hydrogen (secondary N) is 1. The van der Waals surface area contributed by atoms with Gasteiger partial charge in [-0.25, -0.2) is 8.42 Å². The number of carbonyl (C=O) groups excluding carboxylic acids is 1. The molecule has 2 aromatic carbocycles. The number of nitro groups is 1. The second kappa shape index (κ2) is 8.45. The Morgan fingerprint density at radius 3 is 2.63 bits per heavy atom. The average molecular weight is 437 g/mol. The van der Waals surface area contributed by atoms with Crippen LogP contribution in [0.4, 0.5) is 17.1 Å². The number of nitro benzene ring substituents is 1. The summed E-state index contributed by atoms with van der Waals surface area (Å²) in [5.74, 6) is 0.0860. The van der Waals surface area contributed by atoms with Crippen molar-refractivity contribution >= 4 is 33.0 Å². The molecule has 0 saturated heterocycles. The van der Waals surface area contributed by atoms with Gasteiger partial charge in [0, 0.05) is 18.2 Å². The van der Waals surface area contributed by atoms with Crippen molar-refractivity contribution in [2.75, 3.05) is 35.8 Å². The third-order valence-corrected chi connectivity index (χ3v) is 6.04. The number of hydrogen-bond acceptors (Lipinski definition) is 8. The van der Waals surface area contributed by atoms with Crippen LogP contribution in [-0.2, 0) is 14.8 Å². The van der Waals surface area contributed by atoms with Gasteiger partial charge in [0.15, 0.2) is 11.5 Å². The molecule has 1 heterocycles. The third-order valence-electron chi connectivity index (χ3n) is 4.30. The lowest BCUT2D eigenvalue weighted by atomic mass is 10.2. The SMILES string of the molecule is CCS(=O)(=O)N(CC(=O)Nc1cc([N+](=O)[O-])ccc1OC)c1ccc2c(c1)OCO2. The number of nitrogens with zero attached hydrogens (tertiary/aromatic N) is 2. The minimum atomic E-state index is -3.82. The van der Waals surface area contributed by atoms with Crippen LogP contribution in [0.15, 0.2) is 36.4 Å². The van der Waals surface area contributed by atoms with Crippen LogP contribution >= 0.6 is 0 Å². The van der Waals surface area contributed by atoms with Crippen LogP contribution in [0.5, 0.6) is 17.2 Å². The molecule has 0 saturated carbocycles. The normalized spacial score (nSPS) is 12.3. The van der Waals surface area contributed by atoms with E-state index >= 15 is 0 Å². The lowest BCUT2D eigenvalue weighted by molar-refractivity contribution is -0.384. The number of hydrogen-bond donors (Lipinski definition) is 1. The maximum absolute atomic E-state index is 12.6. The first-order valence-electron chi connectivity index (χ1n) is 8.77. The summed E-state index contributed by atoms with van der Waals surface area (Å²) >= 11 is 0. The number of rotatable bonds is 8. The molecule has 0 aliphatic carbocycles. The molecule has 11 nitrogen and oxygen atoms in total. The number of anilines is 2. The summed E-state index contributed by atoms with van der Waals surface area (Å²) < 4.78 is 41.8. The van der Waals surface area contributed by atoms with E-state index in [-0.39, 0.29) is 35.4 Å². The smallest absolute Gasteiger partial charge is 0.271 e. The Bertz CT molecular complexity index is 1090. The number of ether oxygens (including phenoxy) is 3. The first-order valence-corrected chi connectivity index (χ1v) is 10.4. The third kappa shape index (κ3) is 4.38. The Hall–Kier alpha value is -3.54. The van der Waals surface area contributed by atoms with Gasteiger partial charge in [-0.05, 0) is 25.1 Å². The number of amides is 1. The van der Waals surface area contributed by atoms with Crippen molar-refractivity contribution in [1.82, 2.24) is 0 Å². The van der Waals surface area contributed by atoms with Crippen LogP contribution in [0.3, 0.4) is 0 Å². The Labute approximate surface area is 172 Å². The van der Waals surface area contributed by atoms with Crippen molar-refractivity contribution in [1.29, 1.82) is 0 Å². The van der Waals surface area contributed by atoms with E-state index in [4.69, 9.17) is 14.2 Å². The van der Waals surface area contributed by atoms with Gasteiger partial charge in [0.25, 0.3) is 5.69 Å². The summed E-state index contributed by atoms with van der Waals surface area (Å²) in [6.07, 6.45) is 0. The fourth-order valence-corrected chi connectivity index (χ4v) is 3.83. The molecule has 0 unspecified atom stereocenters. The molecular weight excluding hydrogens is 418 g/mol. The molecule has 0 aromatic heterocycles. The maximum Gasteiger partial charge on any atom is 0.271 e. The number of fused-ring (bicyclic) bond motifs is 1. The van der Waals surface area contributed by atoms with Gasteiger partial charge in [0.05, 0.1) is 29.2 Å². The molecule has 1 N–H and O–H groups in total. The molecule has 1 aliphatic rings. The number of methoxy groups -OCH3 is 1. The first-order chi connectivity index (χ1) is 14.2. The topological polar surface area (TPSA) is 137 Å². The average Bonchev–Trinajstić information content (AvgIpc) is 3.19. The summed E-state index contributed by atoms with van der Waals surface area (Å²) in [5.41, 5.74) is 0.0263. The molecule has 12 heteroatoms. The highest BCUT2D eigenvalue weighted by Crippen LogP contribution is 2.36. The molecule has 0 fully saturated rings. The molecule has 0 spiro atoms. The largest absolute Gasteiger partial charge is 0.495 e. The Kier molecular flexibility index (Phi) is 5.96. The highest BCUT2D eigenvalue weighted by Gasteiger charge is 2.26. The zero-order valence-electron chi connectivity index (χ0n) is 16.2. The van der Waals surface area contributed by atoms with Crippen molar-refractivity contribution in [2.45, 2.75) is 6.92 Å². The molecule has 0 radical (unpaired) electrons. The van der Waals surface area contributed by atoms with Crippen LogP contribution in [0.1, 0.15) is 6.92 Å². The Morgan fingerprint density at radius 2 is 1.97 bits per heavy atom. The van der Waals surface area contributed by atoms with Gasteiger partial charge < -0.3 is 19.5 Å². The number of carbonyl (C=O) groups is 1. The van der Waals surface area contributed by atoms with E-state index in [1.165, 1.54) is 38.3 Å². The lowest BCUT2D eigenvalue weighted by Gasteiger charge is -2.23. The summed E-state index contributed by atoms with van der Waals surface area (Å²) in [7, 11) is -2.47. The van der Waals surface area contributed by atoms with Crippen LogP contribution in [0.25, 0.3) is 0 Å². The second-order valence-electron chi connectivity index (χ2n) is 6.13. The summed E-state index contributed by atoms with van der Waals surface area (Å²) in [4.78, 5) is 23.0. The van der Waals surface area contributed by atoms with E-state index < -0.39 is 27.4 Å². The van der Waals surface area contributed by atoms with E-state index in [2.05, 4.69) is 5.32 Å². The first kappa shape index (κ1) is 21.2. The molecule has 1 amide bonds. The van der Waals surface area contributed by atoms with Crippen molar-refractivity contribution in [2.24, 2.45) is 0 Å². The number of non-ortho nitro benzene ring substituents is 1. The molecule has 1 aliphatic heterocycles. The zero-order chi connectivity index (χ0) is 21.9. The van der Waals surface area contributed by atoms with Gasteiger partial charge in [-0.2, -0.15) is 0 Å². The highest BCUT2D eigenvalue weighted by molar-refractivity contribution is 7.92. The number of sulfonamides is 1. The number of benzene rings is 2. The van der Waals surface area contributed by atoms with Crippen LogP contribution in [0, 0.1) is 10.1 Å². The minimum absolute atomic E-state index is 0.0202. The van der Waals surface area contributed by atoms with Crippen molar-refractivity contribution < 1.29 is 32.3 Å². The minimum Gasteiger partial charge on any atom is -0.495 e. The maximum atomic E-state index is 12.6. The zero-order valence-corrected chi connectivity index (χ0v) is 17.0. The molecule has 0 bridgehead atoms. The van der Waals surface area contributed by atoms with Gasteiger partial charge in [0.2, 0.25) is 22.7 Å². The lowest BCUT2D eigenvalue weighted by Crippen LogP contribution is -2.39. The second-order valence-corrected chi connectivity index (χ2v) is 8.32. The molecule has 160 valence electrons. The van der Waals surface area contributed by atoms with Crippen LogP contribution < -0.4 is 23.8 Å². The van der Waals surface area contributed by atoms with E-state index in [0.29, 0.717) is 11.5 Å². The Balaban J connectivity index is 1.88. The summed E-state index contributed by atoms with van der Waals surface area (Å²) in [6.45, 7) is 0.921. The quantitative estimate of drug-likeness (QED) is 0.490. The van der Waals surface area contributed by atoms with Gasteiger partial charge in [0.1, 0.15) is 12.3 Å². The van der Waals surface area contributed by atoms with E-state index in [9.17, 15) is 23.3 Å². The van der Waals surface area contributed by atoms with Gasteiger partial charge >= 0.3 is 0 Å². The molecular formula is C18H19N3O8S. The fourth-order valence-electron chi connectivity index (χ4n) is 2.77. The predicted octanol–water partition coefficient (Wildman–Crippen LogP) is 2.13. The van der Waals surface area contributed by atoms with Gasteiger partial charge in [-0.1, -0.05) is 0 Å². The molecule has 3 rings (SSSR count). The molecule has 0 atom stereocenters. The van der Waals surface area contributed by atoms with Crippen molar-refractivity contribution in [3.8, 4) is 17.2 Å². The molecule has 2 aromatic rings. The molecule has 30 heavy (non-hydrogen) atoms.